The highest BCUT2D eigenvalue weighted by molar-refractivity contribution is 7.99. The number of tetrazole rings is 1. The van der Waals surface area contributed by atoms with Gasteiger partial charge in [0.2, 0.25) is 11.1 Å². The second kappa shape index (κ2) is 9.66. The van der Waals surface area contributed by atoms with Gasteiger partial charge in [0, 0.05) is 31.4 Å². The molecule has 1 N–H and O–H groups in total. The quantitative estimate of drug-likeness (QED) is 0.603. The third kappa shape index (κ3) is 5.12. The molecule has 1 aliphatic heterocycles. The highest BCUT2D eigenvalue weighted by atomic mass is 32.2. The van der Waals surface area contributed by atoms with Gasteiger partial charge < -0.3 is 10.2 Å². The first kappa shape index (κ1) is 20.3. The number of thioether (sulfide) groups is 1. The summed E-state index contributed by atoms with van der Waals surface area (Å²) in [5, 5.41) is 23.5. The molecule has 0 spiro atoms. The average Bonchev–Trinajstić information content (AvgIpc) is 3.00. The molecule has 0 radical (unpaired) electrons. The molecule has 0 atom stereocenters. The summed E-state index contributed by atoms with van der Waals surface area (Å²) in [7, 11) is 1.74. The van der Waals surface area contributed by atoms with Gasteiger partial charge in [0.1, 0.15) is 0 Å². The van der Waals surface area contributed by atoms with Crippen LogP contribution in [0.2, 0.25) is 0 Å². The summed E-state index contributed by atoms with van der Waals surface area (Å²) in [6.07, 6.45) is 5.01. The van der Waals surface area contributed by atoms with Gasteiger partial charge >= 0.3 is 0 Å². The van der Waals surface area contributed by atoms with Gasteiger partial charge in [-0.2, -0.15) is 0 Å². The second-order valence-electron chi connectivity index (χ2n) is 7.18. The minimum atomic E-state index is -0.114. The lowest BCUT2D eigenvalue weighted by atomic mass is 10.1. The number of nitrogens with zero attached hydrogens (tertiary/aromatic N) is 7. The SMILES string of the molecule is Cn1nnnc1SCC(=O)Nc1ccc(-c2ccc(N3CCCCCC3)nn2)cc1. The van der Waals surface area contributed by atoms with E-state index in [1.807, 2.05) is 36.4 Å². The van der Waals surface area contributed by atoms with E-state index >= 15 is 0 Å². The number of aromatic nitrogens is 6. The maximum Gasteiger partial charge on any atom is 0.234 e. The van der Waals surface area contributed by atoms with Crippen molar-refractivity contribution in [3.05, 3.63) is 36.4 Å². The van der Waals surface area contributed by atoms with Crippen molar-refractivity contribution in [2.24, 2.45) is 7.05 Å². The summed E-state index contributed by atoms with van der Waals surface area (Å²) in [5.41, 5.74) is 2.51. The zero-order valence-electron chi connectivity index (χ0n) is 16.9. The molecule has 2 aromatic heterocycles. The van der Waals surface area contributed by atoms with E-state index in [0.717, 1.165) is 35.9 Å². The van der Waals surface area contributed by atoms with Crippen LogP contribution >= 0.6 is 11.8 Å². The van der Waals surface area contributed by atoms with E-state index in [1.165, 1.54) is 42.1 Å². The summed E-state index contributed by atoms with van der Waals surface area (Å²) >= 11 is 1.29. The number of amides is 1. The molecule has 0 saturated carbocycles. The fourth-order valence-corrected chi connectivity index (χ4v) is 3.99. The van der Waals surface area contributed by atoms with Crippen LogP contribution in [0.4, 0.5) is 11.5 Å². The van der Waals surface area contributed by atoms with Gasteiger partial charge in [0.25, 0.3) is 0 Å². The van der Waals surface area contributed by atoms with Gasteiger partial charge in [-0.15, -0.1) is 15.3 Å². The fourth-order valence-electron chi connectivity index (χ4n) is 3.34. The molecule has 30 heavy (non-hydrogen) atoms. The Morgan fingerprint density at radius 1 is 1.00 bits per heavy atom. The monoisotopic (exact) mass is 424 g/mol. The van der Waals surface area contributed by atoms with E-state index in [0.29, 0.717) is 5.16 Å². The molecule has 3 aromatic rings. The highest BCUT2D eigenvalue weighted by Gasteiger charge is 2.12. The first-order chi connectivity index (χ1) is 14.7. The fraction of sp³-hybridized carbons (Fsp3) is 0.400. The largest absolute Gasteiger partial charge is 0.355 e. The first-order valence-electron chi connectivity index (χ1n) is 10.0. The van der Waals surface area contributed by atoms with E-state index in [9.17, 15) is 4.79 Å². The minimum absolute atomic E-state index is 0.114. The molecule has 3 heterocycles. The Bertz CT molecular complexity index is 965. The van der Waals surface area contributed by atoms with Gasteiger partial charge in [-0.1, -0.05) is 36.7 Å². The van der Waals surface area contributed by atoms with Crippen molar-refractivity contribution >= 4 is 29.2 Å². The third-order valence-electron chi connectivity index (χ3n) is 4.96. The topological polar surface area (TPSA) is 102 Å². The smallest absolute Gasteiger partial charge is 0.234 e. The molecule has 156 valence electrons. The Morgan fingerprint density at radius 3 is 2.40 bits per heavy atom. The maximum absolute atomic E-state index is 12.1. The normalized spacial score (nSPS) is 14.4. The summed E-state index contributed by atoms with van der Waals surface area (Å²) in [5.74, 6) is 1.07. The molecule has 1 aliphatic rings. The van der Waals surface area contributed by atoms with Crippen LogP contribution in [0, 0.1) is 0 Å². The van der Waals surface area contributed by atoms with Crippen molar-refractivity contribution in [3.63, 3.8) is 0 Å². The summed E-state index contributed by atoms with van der Waals surface area (Å²) < 4.78 is 1.53. The summed E-state index contributed by atoms with van der Waals surface area (Å²) in [4.78, 5) is 14.5. The van der Waals surface area contributed by atoms with Crippen molar-refractivity contribution in [1.29, 1.82) is 0 Å². The summed E-state index contributed by atoms with van der Waals surface area (Å²) in [6.45, 7) is 2.10. The van der Waals surface area contributed by atoms with Crippen molar-refractivity contribution in [1.82, 2.24) is 30.4 Å². The predicted molar refractivity (Wildman–Crippen MR) is 116 cm³/mol. The van der Waals surface area contributed by atoms with Gasteiger partial charge in [0.05, 0.1) is 11.4 Å². The number of aryl methyl sites for hydroxylation is 1. The zero-order valence-corrected chi connectivity index (χ0v) is 17.7. The Morgan fingerprint density at radius 2 is 1.77 bits per heavy atom. The molecule has 1 aromatic carbocycles. The molecule has 4 rings (SSSR count). The average molecular weight is 425 g/mol. The third-order valence-corrected chi connectivity index (χ3v) is 5.97. The van der Waals surface area contributed by atoms with Crippen LogP contribution in [-0.4, -0.2) is 55.2 Å². The van der Waals surface area contributed by atoms with Crippen LogP contribution in [0.15, 0.2) is 41.6 Å². The Balaban J connectivity index is 1.33. The van der Waals surface area contributed by atoms with E-state index < -0.39 is 0 Å². The van der Waals surface area contributed by atoms with Gasteiger partial charge in [-0.25, -0.2) is 4.68 Å². The number of benzene rings is 1. The van der Waals surface area contributed by atoms with Crippen LogP contribution in [0.25, 0.3) is 11.3 Å². The molecule has 0 bridgehead atoms. The Kier molecular flexibility index (Phi) is 6.53. The van der Waals surface area contributed by atoms with Crippen molar-refractivity contribution in [2.45, 2.75) is 30.8 Å². The standard InChI is InChI=1S/C20H24N8OS/c1-27-20(24-25-26-27)30-14-19(29)21-16-8-6-15(7-9-16)17-10-11-18(23-22-17)28-12-4-2-3-5-13-28/h6-11H,2-5,12-14H2,1H3,(H,21,29). The minimum Gasteiger partial charge on any atom is -0.355 e. The Hall–Kier alpha value is -3.01. The number of nitrogens with one attached hydrogen (secondary N) is 1. The summed E-state index contributed by atoms with van der Waals surface area (Å²) in [6, 6.07) is 11.7. The molecule has 0 aliphatic carbocycles. The molecule has 10 heteroatoms. The zero-order chi connectivity index (χ0) is 20.8. The van der Waals surface area contributed by atoms with E-state index in [-0.39, 0.29) is 11.7 Å². The Labute approximate surface area is 179 Å². The van der Waals surface area contributed by atoms with Gasteiger partial charge in [0.15, 0.2) is 5.82 Å². The lowest BCUT2D eigenvalue weighted by Gasteiger charge is -2.20. The van der Waals surface area contributed by atoms with E-state index in [4.69, 9.17) is 0 Å². The molecule has 1 saturated heterocycles. The van der Waals surface area contributed by atoms with E-state index in [2.05, 4.69) is 35.9 Å². The predicted octanol–water partition coefficient (Wildman–Crippen LogP) is 2.78. The highest BCUT2D eigenvalue weighted by Crippen LogP contribution is 2.22. The van der Waals surface area contributed by atoms with Crippen molar-refractivity contribution in [2.75, 3.05) is 29.1 Å². The number of carbonyl (C=O) groups excluding carboxylic acids is 1. The van der Waals surface area contributed by atoms with Crippen molar-refractivity contribution in [3.8, 4) is 11.3 Å². The lowest BCUT2D eigenvalue weighted by Crippen LogP contribution is -2.25. The van der Waals surface area contributed by atoms with Crippen LogP contribution < -0.4 is 10.2 Å². The molecule has 0 unspecified atom stereocenters. The number of hydrogen-bond donors (Lipinski definition) is 1. The molecule has 1 amide bonds. The molecular weight excluding hydrogens is 400 g/mol. The van der Waals surface area contributed by atoms with Gasteiger partial charge in [-0.05, 0) is 47.5 Å². The van der Waals surface area contributed by atoms with Crippen LogP contribution in [-0.2, 0) is 11.8 Å². The van der Waals surface area contributed by atoms with Crippen LogP contribution in [0.1, 0.15) is 25.7 Å². The van der Waals surface area contributed by atoms with E-state index in [1.54, 1.807) is 7.05 Å². The molecule has 9 nitrogen and oxygen atoms in total. The molecule has 1 fully saturated rings. The van der Waals surface area contributed by atoms with Crippen LogP contribution in [0.3, 0.4) is 0 Å². The maximum atomic E-state index is 12.1. The first-order valence-corrected chi connectivity index (χ1v) is 11.0. The lowest BCUT2D eigenvalue weighted by molar-refractivity contribution is -0.113. The van der Waals surface area contributed by atoms with Gasteiger partial charge in [-0.3, -0.25) is 4.79 Å². The number of rotatable bonds is 6. The number of carbonyl (C=O) groups is 1. The van der Waals surface area contributed by atoms with Crippen molar-refractivity contribution < 1.29 is 4.79 Å². The molecular formula is C20H24N8OS. The van der Waals surface area contributed by atoms with Crippen LogP contribution in [0.5, 0.6) is 0 Å². The number of anilines is 2. The number of hydrogen-bond acceptors (Lipinski definition) is 8. The second-order valence-corrected chi connectivity index (χ2v) is 8.12.